The van der Waals surface area contributed by atoms with E-state index in [0.29, 0.717) is 0 Å². The van der Waals surface area contributed by atoms with Gasteiger partial charge in [-0.2, -0.15) is 0 Å². The van der Waals surface area contributed by atoms with Crippen LogP contribution >= 0.6 is 11.3 Å². The highest BCUT2D eigenvalue weighted by molar-refractivity contribution is 7.07. The summed E-state index contributed by atoms with van der Waals surface area (Å²) in [5, 5.41) is 5.46. The zero-order valence-corrected chi connectivity index (χ0v) is 10.5. The molecule has 17 heavy (non-hydrogen) atoms. The van der Waals surface area contributed by atoms with E-state index in [1.165, 1.54) is 12.1 Å². The molecule has 1 heterocycles. The third-order valence-electron chi connectivity index (χ3n) is 2.69. The number of thiazole rings is 1. The van der Waals surface area contributed by atoms with Gasteiger partial charge in [-0.3, -0.25) is 0 Å². The highest BCUT2D eigenvalue weighted by Crippen LogP contribution is 2.17. The average molecular weight is 250 g/mol. The molecule has 0 aliphatic carbocycles. The quantitative estimate of drug-likeness (QED) is 0.878. The van der Waals surface area contributed by atoms with Gasteiger partial charge >= 0.3 is 0 Å². The Morgan fingerprint density at radius 3 is 2.71 bits per heavy atom. The van der Waals surface area contributed by atoms with E-state index in [0.717, 1.165) is 24.2 Å². The van der Waals surface area contributed by atoms with Crippen LogP contribution < -0.4 is 5.32 Å². The second-order valence-electron chi connectivity index (χ2n) is 3.87. The molecule has 1 unspecified atom stereocenters. The first-order chi connectivity index (χ1) is 8.29. The van der Waals surface area contributed by atoms with E-state index in [4.69, 9.17) is 0 Å². The summed E-state index contributed by atoms with van der Waals surface area (Å²) in [5.74, 6) is -0.192. The Morgan fingerprint density at radius 1 is 1.35 bits per heavy atom. The smallest absolute Gasteiger partial charge is 0.123 e. The van der Waals surface area contributed by atoms with E-state index in [9.17, 15) is 4.39 Å². The van der Waals surface area contributed by atoms with Gasteiger partial charge < -0.3 is 5.32 Å². The fourth-order valence-corrected chi connectivity index (χ4v) is 2.30. The molecule has 1 atom stereocenters. The first-order valence-corrected chi connectivity index (χ1v) is 6.59. The van der Waals surface area contributed by atoms with Crippen LogP contribution in [0.5, 0.6) is 0 Å². The first kappa shape index (κ1) is 12.2. The molecule has 1 aromatic heterocycles. The number of halogens is 1. The maximum absolute atomic E-state index is 12.8. The van der Waals surface area contributed by atoms with E-state index in [2.05, 4.69) is 17.2 Å². The maximum atomic E-state index is 12.8. The van der Waals surface area contributed by atoms with E-state index in [1.807, 2.05) is 23.0 Å². The maximum Gasteiger partial charge on any atom is 0.123 e. The van der Waals surface area contributed by atoms with E-state index < -0.39 is 0 Å². The largest absolute Gasteiger partial charge is 0.304 e. The molecule has 0 saturated heterocycles. The number of rotatable bonds is 5. The highest BCUT2D eigenvalue weighted by atomic mass is 32.1. The van der Waals surface area contributed by atoms with Crippen LogP contribution in [0.15, 0.2) is 35.2 Å². The average Bonchev–Trinajstić information content (AvgIpc) is 2.85. The molecule has 0 amide bonds. The molecule has 4 heteroatoms. The van der Waals surface area contributed by atoms with Gasteiger partial charge in [0.1, 0.15) is 5.82 Å². The van der Waals surface area contributed by atoms with Crippen molar-refractivity contribution in [3.8, 4) is 0 Å². The molecule has 2 aromatic rings. The van der Waals surface area contributed by atoms with Gasteiger partial charge in [-0.25, -0.2) is 9.37 Å². The van der Waals surface area contributed by atoms with Crippen molar-refractivity contribution < 1.29 is 4.39 Å². The molecule has 0 spiro atoms. The van der Waals surface area contributed by atoms with Gasteiger partial charge in [-0.05, 0) is 24.1 Å². The topological polar surface area (TPSA) is 24.9 Å². The Hall–Kier alpha value is -1.26. The van der Waals surface area contributed by atoms with E-state index >= 15 is 0 Å². The van der Waals surface area contributed by atoms with Crippen molar-refractivity contribution in [2.75, 3.05) is 0 Å². The monoisotopic (exact) mass is 250 g/mol. The fourth-order valence-electron chi connectivity index (χ4n) is 1.75. The Bertz CT molecular complexity index is 439. The Labute approximate surface area is 105 Å². The standard InChI is InChI=1S/C13H15FN2S/c1-2-13(10-3-5-11(14)6-4-10)15-7-12-8-17-9-16-12/h3-6,8-9,13,15H,2,7H2,1H3. The fraction of sp³-hybridized carbons (Fsp3) is 0.308. The summed E-state index contributed by atoms with van der Waals surface area (Å²) in [5.41, 5.74) is 4.00. The summed E-state index contributed by atoms with van der Waals surface area (Å²) < 4.78 is 12.8. The number of nitrogens with zero attached hydrogens (tertiary/aromatic N) is 1. The summed E-state index contributed by atoms with van der Waals surface area (Å²) >= 11 is 1.60. The van der Waals surface area contributed by atoms with Gasteiger partial charge in [0, 0.05) is 18.0 Å². The summed E-state index contributed by atoms with van der Waals surface area (Å²) in [6.07, 6.45) is 0.968. The lowest BCUT2D eigenvalue weighted by Crippen LogP contribution is -2.20. The van der Waals surface area contributed by atoms with Gasteiger partial charge in [0.2, 0.25) is 0 Å². The summed E-state index contributed by atoms with van der Waals surface area (Å²) in [7, 11) is 0. The third-order valence-corrected chi connectivity index (χ3v) is 3.33. The molecule has 2 rings (SSSR count). The zero-order chi connectivity index (χ0) is 12.1. The van der Waals surface area contributed by atoms with Crippen molar-refractivity contribution in [1.29, 1.82) is 0 Å². The molecule has 0 fully saturated rings. The van der Waals surface area contributed by atoms with Gasteiger partial charge in [-0.1, -0.05) is 19.1 Å². The molecule has 1 N–H and O–H groups in total. The Kier molecular flexibility index (Phi) is 4.23. The molecule has 0 aliphatic rings. The van der Waals surface area contributed by atoms with Crippen LogP contribution in [0.1, 0.15) is 30.6 Å². The normalized spacial score (nSPS) is 12.6. The molecule has 90 valence electrons. The van der Waals surface area contributed by atoms with Crippen molar-refractivity contribution in [3.63, 3.8) is 0 Å². The molecule has 0 saturated carbocycles. The van der Waals surface area contributed by atoms with Crippen LogP contribution in [0, 0.1) is 5.82 Å². The first-order valence-electron chi connectivity index (χ1n) is 5.65. The van der Waals surface area contributed by atoms with Gasteiger partial charge in [0.25, 0.3) is 0 Å². The summed E-state index contributed by atoms with van der Waals surface area (Å²) in [4.78, 5) is 4.23. The second kappa shape index (κ2) is 5.89. The lowest BCUT2D eigenvalue weighted by molar-refractivity contribution is 0.513. The lowest BCUT2D eigenvalue weighted by Gasteiger charge is -2.16. The molecule has 1 aromatic carbocycles. The molecule has 0 bridgehead atoms. The van der Waals surface area contributed by atoms with Gasteiger partial charge in [0.15, 0.2) is 0 Å². The third kappa shape index (κ3) is 3.35. The van der Waals surface area contributed by atoms with Crippen LogP contribution in [0.3, 0.4) is 0 Å². The van der Waals surface area contributed by atoms with Gasteiger partial charge in [0.05, 0.1) is 11.2 Å². The predicted octanol–water partition coefficient (Wildman–Crippen LogP) is 3.52. The number of benzene rings is 1. The Balaban J connectivity index is 1.99. The van der Waals surface area contributed by atoms with Crippen LogP contribution in [0.4, 0.5) is 4.39 Å². The van der Waals surface area contributed by atoms with E-state index in [-0.39, 0.29) is 11.9 Å². The summed E-state index contributed by atoms with van der Waals surface area (Å²) in [6.45, 7) is 2.86. The molecule has 0 aliphatic heterocycles. The number of aromatic nitrogens is 1. The minimum atomic E-state index is -0.192. The number of nitrogens with one attached hydrogen (secondary N) is 1. The van der Waals surface area contributed by atoms with Crippen LogP contribution in [-0.4, -0.2) is 4.98 Å². The minimum Gasteiger partial charge on any atom is -0.304 e. The summed E-state index contributed by atoms with van der Waals surface area (Å²) in [6, 6.07) is 6.91. The second-order valence-corrected chi connectivity index (χ2v) is 4.59. The van der Waals surface area contributed by atoms with Crippen molar-refractivity contribution in [3.05, 3.63) is 52.2 Å². The van der Waals surface area contributed by atoms with Crippen molar-refractivity contribution >= 4 is 11.3 Å². The van der Waals surface area contributed by atoms with Crippen LogP contribution in [-0.2, 0) is 6.54 Å². The van der Waals surface area contributed by atoms with Crippen LogP contribution in [0.2, 0.25) is 0 Å². The van der Waals surface area contributed by atoms with Crippen molar-refractivity contribution in [2.24, 2.45) is 0 Å². The highest BCUT2D eigenvalue weighted by Gasteiger charge is 2.08. The SMILES string of the molecule is CCC(NCc1cscn1)c1ccc(F)cc1. The number of hydrogen-bond acceptors (Lipinski definition) is 3. The minimum absolute atomic E-state index is 0.192. The zero-order valence-electron chi connectivity index (χ0n) is 9.69. The number of hydrogen-bond donors (Lipinski definition) is 1. The molecule has 0 radical (unpaired) electrons. The molecular weight excluding hydrogens is 235 g/mol. The molecular formula is C13H15FN2S. The van der Waals surface area contributed by atoms with E-state index in [1.54, 1.807) is 11.3 Å². The van der Waals surface area contributed by atoms with Crippen molar-refractivity contribution in [1.82, 2.24) is 10.3 Å². The van der Waals surface area contributed by atoms with Crippen molar-refractivity contribution in [2.45, 2.75) is 25.9 Å². The lowest BCUT2D eigenvalue weighted by atomic mass is 10.0. The molecule has 2 nitrogen and oxygen atoms in total. The van der Waals surface area contributed by atoms with Gasteiger partial charge in [-0.15, -0.1) is 11.3 Å². The predicted molar refractivity (Wildman–Crippen MR) is 68.4 cm³/mol. The van der Waals surface area contributed by atoms with Crippen LogP contribution in [0.25, 0.3) is 0 Å². The Morgan fingerprint density at radius 2 is 2.12 bits per heavy atom.